The van der Waals surface area contributed by atoms with E-state index in [4.69, 9.17) is 0 Å². The van der Waals surface area contributed by atoms with Crippen molar-refractivity contribution in [1.29, 1.82) is 0 Å². The number of benzene rings is 2. The molecule has 2 aromatic carbocycles. The molecular formula is C16H20BrN2O2S+. The van der Waals surface area contributed by atoms with Gasteiger partial charge in [0.25, 0.3) is 0 Å². The minimum atomic E-state index is -3.49. The van der Waals surface area contributed by atoms with E-state index in [9.17, 15) is 8.42 Å². The summed E-state index contributed by atoms with van der Waals surface area (Å²) in [5, 5.41) is 0. The van der Waals surface area contributed by atoms with E-state index in [1.807, 2.05) is 24.3 Å². The van der Waals surface area contributed by atoms with Crippen molar-refractivity contribution in [2.75, 3.05) is 14.1 Å². The number of hydrogen-bond donors (Lipinski definition) is 2. The highest BCUT2D eigenvalue weighted by molar-refractivity contribution is 9.10. The molecule has 0 saturated carbocycles. The van der Waals surface area contributed by atoms with Gasteiger partial charge in [-0.2, -0.15) is 0 Å². The lowest BCUT2D eigenvalue weighted by Gasteiger charge is -2.09. The molecule has 0 heterocycles. The number of halogens is 1. The van der Waals surface area contributed by atoms with Crippen LogP contribution in [-0.2, 0) is 23.1 Å². The van der Waals surface area contributed by atoms with E-state index in [2.05, 4.69) is 34.7 Å². The molecule has 0 radical (unpaired) electrons. The first-order valence-corrected chi connectivity index (χ1v) is 9.26. The number of sulfonamides is 1. The molecule has 22 heavy (non-hydrogen) atoms. The Labute approximate surface area is 140 Å². The smallest absolute Gasteiger partial charge is 0.240 e. The minimum Gasteiger partial charge on any atom is -0.336 e. The number of quaternary nitrogens is 1. The van der Waals surface area contributed by atoms with Crippen LogP contribution < -0.4 is 9.62 Å². The first-order valence-electron chi connectivity index (χ1n) is 6.99. The molecule has 0 amide bonds. The molecule has 0 saturated heterocycles. The van der Waals surface area contributed by atoms with Gasteiger partial charge in [-0.3, -0.25) is 0 Å². The lowest BCUT2D eigenvalue weighted by atomic mass is 10.1. The Morgan fingerprint density at radius 3 is 2.27 bits per heavy atom. The molecule has 0 aliphatic heterocycles. The van der Waals surface area contributed by atoms with Crippen LogP contribution >= 0.6 is 15.9 Å². The third-order valence-electron chi connectivity index (χ3n) is 3.15. The molecule has 2 aromatic rings. The van der Waals surface area contributed by atoms with Crippen LogP contribution in [-0.4, -0.2) is 22.5 Å². The quantitative estimate of drug-likeness (QED) is 0.795. The zero-order valence-electron chi connectivity index (χ0n) is 12.6. The van der Waals surface area contributed by atoms with Crippen LogP contribution in [0.15, 0.2) is 57.9 Å². The van der Waals surface area contributed by atoms with Crippen molar-refractivity contribution in [2.45, 2.75) is 18.0 Å². The van der Waals surface area contributed by atoms with Crippen LogP contribution in [0.4, 0.5) is 0 Å². The summed E-state index contributed by atoms with van der Waals surface area (Å²) in [5.41, 5.74) is 2.18. The van der Waals surface area contributed by atoms with E-state index in [-0.39, 0.29) is 11.4 Å². The van der Waals surface area contributed by atoms with Crippen molar-refractivity contribution in [3.63, 3.8) is 0 Å². The molecule has 0 atom stereocenters. The van der Waals surface area contributed by atoms with Gasteiger partial charge < -0.3 is 4.90 Å². The average Bonchev–Trinajstić information content (AvgIpc) is 2.46. The van der Waals surface area contributed by atoms with E-state index in [0.29, 0.717) is 0 Å². The van der Waals surface area contributed by atoms with Gasteiger partial charge >= 0.3 is 0 Å². The largest absolute Gasteiger partial charge is 0.336 e. The Hall–Kier alpha value is -1.21. The molecule has 0 aromatic heterocycles. The molecule has 0 spiro atoms. The van der Waals surface area contributed by atoms with Gasteiger partial charge in [-0.1, -0.05) is 46.3 Å². The van der Waals surface area contributed by atoms with Crippen LogP contribution in [0, 0.1) is 0 Å². The van der Waals surface area contributed by atoms with Crippen molar-refractivity contribution in [1.82, 2.24) is 4.72 Å². The van der Waals surface area contributed by atoms with E-state index < -0.39 is 10.0 Å². The maximum absolute atomic E-state index is 12.2. The second-order valence-corrected chi connectivity index (χ2v) is 8.16. The molecular weight excluding hydrogens is 364 g/mol. The molecule has 6 heteroatoms. The van der Waals surface area contributed by atoms with Gasteiger partial charge in [0, 0.05) is 16.6 Å². The average molecular weight is 384 g/mol. The standard InChI is InChI=1S/C16H19BrN2O2S/c1-19(2)12-14-8-6-13(7-9-14)11-18-22(20,21)16-5-3-4-15(17)10-16/h3-10,18H,11-12H2,1-2H3/p+1. The van der Waals surface area contributed by atoms with E-state index in [1.54, 1.807) is 24.3 Å². The Balaban J connectivity index is 2.03. The summed E-state index contributed by atoms with van der Waals surface area (Å²) in [4.78, 5) is 1.61. The minimum absolute atomic E-state index is 0.259. The van der Waals surface area contributed by atoms with E-state index in [0.717, 1.165) is 16.6 Å². The fraction of sp³-hybridized carbons (Fsp3) is 0.250. The first-order chi connectivity index (χ1) is 10.4. The highest BCUT2D eigenvalue weighted by Gasteiger charge is 2.13. The Morgan fingerprint density at radius 1 is 1.05 bits per heavy atom. The molecule has 118 valence electrons. The van der Waals surface area contributed by atoms with Crippen molar-refractivity contribution >= 4 is 26.0 Å². The van der Waals surface area contributed by atoms with Crippen LogP contribution in [0.5, 0.6) is 0 Å². The number of rotatable bonds is 6. The third kappa shape index (κ3) is 4.91. The molecule has 0 bridgehead atoms. The molecule has 0 aliphatic carbocycles. The summed E-state index contributed by atoms with van der Waals surface area (Å²) in [5.74, 6) is 0. The van der Waals surface area contributed by atoms with Gasteiger partial charge in [0.2, 0.25) is 10.0 Å². The first kappa shape index (κ1) is 17.1. The fourth-order valence-corrected chi connectivity index (χ4v) is 3.69. The highest BCUT2D eigenvalue weighted by Crippen LogP contribution is 2.16. The van der Waals surface area contributed by atoms with Gasteiger partial charge in [0.15, 0.2) is 0 Å². The highest BCUT2D eigenvalue weighted by atomic mass is 79.9. The van der Waals surface area contributed by atoms with Crippen LogP contribution in [0.2, 0.25) is 0 Å². The predicted molar refractivity (Wildman–Crippen MR) is 91.1 cm³/mol. The SMILES string of the molecule is C[NH+](C)Cc1ccc(CNS(=O)(=O)c2cccc(Br)c2)cc1. The van der Waals surface area contributed by atoms with Crippen molar-refractivity contribution in [3.8, 4) is 0 Å². The molecule has 2 rings (SSSR count). The summed E-state index contributed by atoms with van der Waals surface area (Å²) in [7, 11) is 0.700. The van der Waals surface area contributed by atoms with Gasteiger partial charge in [0.1, 0.15) is 6.54 Å². The van der Waals surface area contributed by atoms with Crippen molar-refractivity contribution in [3.05, 3.63) is 64.1 Å². The molecule has 4 nitrogen and oxygen atoms in total. The molecule has 2 N–H and O–H groups in total. The maximum atomic E-state index is 12.2. The Bertz CT molecular complexity index is 728. The van der Waals surface area contributed by atoms with Gasteiger partial charge in [-0.15, -0.1) is 0 Å². The van der Waals surface area contributed by atoms with Gasteiger partial charge in [-0.25, -0.2) is 13.1 Å². The van der Waals surface area contributed by atoms with Crippen LogP contribution in [0.25, 0.3) is 0 Å². The summed E-state index contributed by atoms with van der Waals surface area (Å²) in [6, 6.07) is 14.7. The lowest BCUT2D eigenvalue weighted by Crippen LogP contribution is -3.04. The third-order valence-corrected chi connectivity index (χ3v) is 5.05. The second-order valence-electron chi connectivity index (χ2n) is 5.48. The lowest BCUT2D eigenvalue weighted by molar-refractivity contribution is -0.872. The summed E-state index contributed by atoms with van der Waals surface area (Å²) < 4.78 is 27.8. The monoisotopic (exact) mass is 383 g/mol. The zero-order chi connectivity index (χ0) is 16.2. The van der Waals surface area contributed by atoms with Crippen molar-refractivity contribution < 1.29 is 13.3 Å². The Morgan fingerprint density at radius 2 is 1.68 bits per heavy atom. The molecule has 0 aliphatic rings. The topological polar surface area (TPSA) is 50.6 Å². The summed E-state index contributed by atoms with van der Waals surface area (Å²) in [6.45, 7) is 1.23. The summed E-state index contributed by atoms with van der Waals surface area (Å²) >= 11 is 3.28. The number of nitrogens with one attached hydrogen (secondary N) is 2. The zero-order valence-corrected chi connectivity index (χ0v) is 15.0. The summed E-state index contributed by atoms with van der Waals surface area (Å²) in [6.07, 6.45) is 0. The van der Waals surface area contributed by atoms with Gasteiger partial charge in [-0.05, 0) is 23.8 Å². The van der Waals surface area contributed by atoms with Crippen LogP contribution in [0.1, 0.15) is 11.1 Å². The molecule has 0 fully saturated rings. The van der Waals surface area contributed by atoms with E-state index >= 15 is 0 Å². The Kier molecular flexibility index (Phi) is 5.74. The fourth-order valence-electron chi connectivity index (χ4n) is 2.08. The van der Waals surface area contributed by atoms with E-state index in [1.165, 1.54) is 10.5 Å². The normalized spacial score (nSPS) is 11.8. The van der Waals surface area contributed by atoms with Crippen LogP contribution in [0.3, 0.4) is 0 Å². The maximum Gasteiger partial charge on any atom is 0.240 e. The number of hydrogen-bond acceptors (Lipinski definition) is 2. The second kappa shape index (κ2) is 7.37. The van der Waals surface area contributed by atoms with Crippen molar-refractivity contribution in [2.24, 2.45) is 0 Å². The predicted octanol–water partition coefficient (Wildman–Crippen LogP) is 1.57. The molecule has 0 unspecified atom stereocenters. The van der Waals surface area contributed by atoms with Gasteiger partial charge in [0.05, 0.1) is 19.0 Å².